The van der Waals surface area contributed by atoms with Crippen LogP contribution < -0.4 is 5.32 Å². The molecule has 0 atom stereocenters. The molecule has 2 aromatic carbocycles. The molecule has 2 aromatic rings. The molecule has 0 radical (unpaired) electrons. The Hall–Kier alpha value is -3.41. The van der Waals surface area contributed by atoms with Crippen LogP contribution >= 0.6 is 0 Å². The number of amides is 1. The molecule has 2 N–H and O–H groups in total. The summed E-state index contributed by atoms with van der Waals surface area (Å²) in [6, 6.07) is 16.2. The minimum Gasteiger partial charge on any atom is -0.512 e. The van der Waals surface area contributed by atoms with Gasteiger partial charge in [-0.3, -0.25) is 9.79 Å². The molecule has 1 amide bonds. The van der Waals surface area contributed by atoms with Crippen molar-refractivity contribution in [2.75, 3.05) is 7.11 Å². The summed E-state index contributed by atoms with van der Waals surface area (Å²) >= 11 is 0. The fourth-order valence-corrected chi connectivity index (χ4v) is 2.12. The number of methoxy groups -OCH3 is 1. The molecule has 0 bridgehead atoms. The highest BCUT2D eigenvalue weighted by Crippen LogP contribution is 2.14. The highest BCUT2D eigenvalue weighted by molar-refractivity contribution is 6.10. The van der Waals surface area contributed by atoms with Crippen LogP contribution in [0.15, 0.2) is 70.9 Å². The van der Waals surface area contributed by atoms with Gasteiger partial charge in [0.1, 0.15) is 11.3 Å². The number of aliphatic hydroxyl groups excluding tert-OH is 1. The van der Waals surface area contributed by atoms with E-state index in [0.717, 1.165) is 5.56 Å². The smallest absolute Gasteiger partial charge is 0.342 e. The van der Waals surface area contributed by atoms with Gasteiger partial charge in [-0.1, -0.05) is 30.3 Å². The fourth-order valence-electron chi connectivity index (χ4n) is 2.12. The lowest BCUT2D eigenvalue weighted by Crippen LogP contribution is -2.22. The molecule has 0 unspecified atom stereocenters. The van der Waals surface area contributed by atoms with Crippen molar-refractivity contribution in [2.45, 2.75) is 13.5 Å². The Bertz CT molecular complexity index is 821. The van der Waals surface area contributed by atoms with E-state index in [4.69, 9.17) is 0 Å². The molecule has 134 valence electrons. The largest absolute Gasteiger partial charge is 0.512 e. The number of aliphatic imine (C=N–C) groups is 1. The summed E-state index contributed by atoms with van der Waals surface area (Å²) in [5, 5.41) is 12.3. The van der Waals surface area contributed by atoms with Crippen molar-refractivity contribution < 1.29 is 19.4 Å². The van der Waals surface area contributed by atoms with Gasteiger partial charge in [0.2, 0.25) is 0 Å². The zero-order valence-electron chi connectivity index (χ0n) is 14.6. The standard InChI is InChI=1S/C20H20N2O4/c1-14(23)18(20(25)26-2)13-21-17-10-8-16(9-11-17)19(24)22-12-15-6-4-3-5-7-15/h3-11,13,23H,12H2,1-2H3,(H,22,24)/b18-14+,21-13?. The third kappa shape index (κ3) is 5.31. The maximum atomic E-state index is 12.2. The first-order valence-electron chi connectivity index (χ1n) is 7.95. The van der Waals surface area contributed by atoms with Crippen LogP contribution in [0.5, 0.6) is 0 Å². The van der Waals surface area contributed by atoms with E-state index in [1.807, 2.05) is 30.3 Å². The van der Waals surface area contributed by atoms with Crippen molar-refractivity contribution in [3.63, 3.8) is 0 Å². The summed E-state index contributed by atoms with van der Waals surface area (Å²) in [7, 11) is 1.22. The number of benzene rings is 2. The van der Waals surface area contributed by atoms with Crippen molar-refractivity contribution in [1.82, 2.24) is 5.32 Å². The summed E-state index contributed by atoms with van der Waals surface area (Å²) < 4.78 is 4.58. The second-order valence-corrected chi connectivity index (χ2v) is 5.46. The van der Waals surface area contributed by atoms with Crippen LogP contribution in [0.1, 0.15) is 22.8 Å². The minimum atomic E-state index is -0.675. The predicted octanol–water partition coefficient (Wildman–Crippen LogP) is 3.32. The first-order chi connectivity index (χ1) is 12.5. The lowest BCUT2D eigenvalue weighted by molar-refractivity contribution is -0.135. The van der Waals surface area contributed by atoms with E-state index in [0.29, 0.717) is 17.8 Å². The lowest BCUT2D eigenvalue weighted by atomic mass is 10.1. The van der Waals surface area contributed by atoms with E-state index < -0.39 is 5.97 Å². The van der Waals surface area contributed by atoms with Crippen LogP contribution in [0.2, 0.25) is 0 Å². The molecular formula is C20H20N2O4. The lowest BCUT2D eigenvalue weighted by Gasteiger charge is -2.05. The average molecular weight is 352 g/mol. The molecule has 0 saturated heterocycles. The molecule has 2 rings (SSSR count). The van der Waals surface area contributed by atoms with Crippen LogP contribution in [-0.2, 0) is 16.1 Å². The monoisotopic (exact) mass is 352 g/mol. The second-order valence-electron chi connectivity index (χ2n) is 5.46. The zero-order chi connectivity index (χ0) is 18.9. The quantitative estimate of drug-likeness (QED) is 0.361. The van der Waals surface area contributed by atoms with Crippen molar-refractivity contribution in [2.24, 2.45) is 4.99 Å². The van der Waals surface area contributed by atoms with Gasteiger partial charge in [0.05, 0.1) is 12.8 Å². The highest BCUT2D eigenvalue weighted by atomic mass is 16.5. The highest BCUT2D eigenvalue weighted by Gasteiger charge is 2.11. The Morgan fingerprint density at radius 3 is 2.35 bits per heavy atom. The Balaban J connectivity index is 2.01. The van der Waals surface area contributed by atoms with Gasteiger partial charge in [-0.05, 0) is 36.8 Å². The van der Waals surface area contributed by atoms with Gasteiger partial charge >= 0.3 is 5.97 Å². The van der Waals surface area contributed by atoms with Gasteiger partial charge in [-0.15, -0.1) is 0 Å². The number of nitrogens with zero attached hydrogens (tertiary/aromatic N) is 1. The average Bonchev–Trinajstić information content (AvgIpc) is 2.67. The number of hydrogen-bond donors (Lipinski definition) is 2. The molecule has 6 nitrogen and oxygen atoms in total. The van der Waals surface area contributed by atoms with E-state index in [1.165, 1.54) is 20.2 Å². The molecule has 0 aliphatic heterocycles. The number of ether oxygens (including phenoxy) is 1. The summed E-state index contributed by atoms with van der Waals surface area (Å²) in [6.45, 7) is 1.82. The van der Waals surface area contributed by atoms with Gasteiger partial charge in [0.15, 0.2) is 0 Å². The Morgan fingerprint density at radius 2 is 1.77 bits per heavy atom. The van der Waals surface area contributed by atoms with Gasteiger partial charge < -0.3 is 15.2 Å². The van der Waals surface area contributed by atoms with Crippen molar-refractivity contribution in [3.05, 3.63) is 77.1 Å². The second kappa shape index (κ2) is 9.17. The van der Waals surface area contributed by atoms with E-state index >= 15 is 0 Å². The normalized spacial score (nSPS) is 11.8. The minimum absolute atomic E-state index is 0.0304. The summed E-state index contributed by atoms with van der Waals surface area (Å²) in [6.07, 6.45) is 1.23. The van der Waals surface area contributed by atoms with Crippen LogP contribution in [0, 0.1) is 0 Å². The Morgan fingerprint density at radius 1 is 1.12 bits per heavy atom. The maximum Gasteiger partial charge on any atom is 0.342 e. The van der Waals surface area contributed by atoms with Crippen molar-refractivity contribution in [1.29, 1.82) is 0 Å². The van der Waals surface area contributed by atoms with Crippen LogP contribution in [0.25, 0.3) is 0 Å². The van der Waals surface area contributed by atoms with Gasteiger partial charge in [0.25, 0.3) is 5.91 Å². The number of nitrogens with one attached hydrogen (secondary N) is 1. The van der Waals surface area contributed by atoms with Gasteiger partial charge in [-0.2, -0.15) is 0 Å². The summed E-state index contributed by atoms with van der Waals surface area (Å²) in [5.41, 5.74) is 2.02. The first kappa shape index (κ1) is 18.9. The topological polar surface area (TPSA) is 88.0 Å². The SMILES string of the molecule is COC(=O)/C(C=Nc1ccc(C(=O)NCc2ccccc2)cc1)=C(\C)O. The molecule has 6 heteroatoms. The van der Waals surface area contributed by atoms with E-state index in [9.17, 15) is 14.7 Å². The van der Waals surface area contributed by atoms with Gasteiger partial charge in [-0.25, -0.2) is 4.79 Å². The van der Waals surface area contributed by atoms with Crippen molar-refractivity contribution in [3.8, 4) is 0 Å². The first-order valence-corrected chi connectivity index (χ1v) is 7.95. The molecule has 0 spiro atoms. The molecule has 0 saturated carbocycles. The molecule has 0 aliphatic rings. The van der Waals surface area contributed by atoms with Gasteiger partial charge in [0, 0.05) is 18.3 Å². The molecule has 0 aliphatic carbocycles. The molecule has 26 heavy (non-hydrogen) atoms. The summed E-state index contributed by atoms with van der Waals surface area (Å²) in [4.78, 5) is 27.8. The number of hydrogen-bond acceptors (Lipinski definition) is 5. The third-order valence-electron chi connectivity index (χ3n) is 3.56. The number of aliphatic hydroxyl groups is 1. The number of rotatable bonds is 6. The molecule has 0 heterocycles. The predicted molar refractivity (Wildman–Crippen MR) is 99.6 cm³/mol. The third-order valence-corrected chi connectivity index (χ3v) is 3.56. The van der Waals surface area contributed by atoms with Crippen LogP contribution in [0.4, 0.5) is 5.69 Å². The Labute approximate surface area is 151 Å². The van der Waals surface area contributed by atoms with Crippen LogP contribution in [-0.4, -0.2) is 30.3 Å². The van der Waals surface area contributed by atoms with E-state index in [1.54, 1.807) is 24.3 Å². The maximum absolute atomic E-state index is 12.2. The molecular weight excluding hydrogens is 332 g/mol. The molecule has 0 fully saturated rings. The Kier molecular flexibility index (Phi) is 6.68. The van der Waals surface area contributed by atoms with E-state index in [-0.39, 0.29) is 17.2 Å². The number of esters is 1. The number of allylic oxidation sites excluding steroid dienone is 1. The zero-order valence-corrected chi connectivity index (χ0v) is 14.6. The number of carbonyl (C=O) groups excluding carboxylic acids is 2. The van der Waals surface area contributed by atoms with Crippen LogP contribution in [0.3, 0.4) is 0 Å². The number of carbonyl (C=O) groups is 2. The van der Waals surface area contributed by atoms with Crippen molar-refractivity contribution >= 4 is 23.8 Å². The van der Waals surface area contributed by atoms with E-state index in [2.05, 4.69) is 15.0 Å². The summed E-state index contributed by atoms with van der Waals surface area (Å²) in [5.74, 6) is -1.05. The molecule has 0 aromatic heterocycles. The fraction of sp³-hybridized carbons (Fsp3) is 0.150.